The number of rotatable bonds is 12. The average molecular weight is 248 g/mol. The highest BCUT2D eigenvalue weighted by molar-refractivity contribution is 4.79. The van der Waals surface area contributed by atoms with E-state index in [9.17, 15) is 0 Å². The minimum Gasteiger partial charge on any atom is -0.396 e. The van der Waals surface area contributed by atoms with Gasteiger partial charge in [0.1, 0.15) is 0 Å². The van der Waals surface area contributed by atoms with Crippen LogP contribution in [0.25, 0.3) is 0 Å². The van der Waals surface area contributed by atoms with Crippen molar-refractivity contribution in [3.63, 3.8) is 0 Å². The molecule has 0 spiro atoms. The van der Waals surface area contributed by atoms with Gasteiger partial charge >= 0.3 is 0 Å². The molecule has 1 N–H and O–H groups in total. The maximum atomic E-state index is 9.01. The van der Waals surface area contributed by atoms with Crippen LogP contribution in [0, 0.1) is 5.41 Å². The monoisotopic (exact) mass is 248 g/mol. The van der Waals surface area contributed by atoms with E-state index in [0.29, 0.717) is 0 Å². The van der Waals surface area contributed by atoms with Crippen molar-refractivity contribution in [3.05, 3.63) is 0 Å². The summed E-state index contributed by atoms with van der Waals surface area (Å²) in [5, 5.41) is 9.01. The second kappa shape index (κ2) is 11.0. The van der Waals surface area contributed by atoms with Crippen molar-refractivity contribution in [2.24, 2.45) is 5.41 Å². The van der Waals surface area contributed by atoms with E-state index < -0.39 is 0 Å². The minimum atomic E-state index is 0.171. The fourth-order valence-electron chi connectivity index (χ4n) is 2.16. The maximum Gasteiger partial charge on any atom is 0.0467 e. The normalized spacial score (nSPS) is 12.0. The number of hydrogen-bond donors (Lipinski definition) is 1. The Morgan fingerprint density at radius 1 is 0.765 bits per heavy atom. The summed E-state index contributed by atoms with van der Waals surface area (Å²) in [5.41, 5.74) is 0.171. The smallest absolute Gasteiger partial charge is 0.0467 e. The molecule has 0 unspecified atom stereocenters. The van der Waals surface area contributed by atoms with Gasteiger partial charge in [-0.2, -0.15) is 0 Å². The van der Waals surface area contributed by atoms with Crippen LogP contribution in [0.5, 0.6) is 0 Å². The molecule has 104 valence electrons. The Morgan fingerprint density at radius 2 is 1.18 bits per heavy atom. The number of aliphatic hydroxyl groups is 1. The standard InChI is InChI=1S/C13H28O4/c1-15-10-6-13(5-4-9-14,7-11-16-2)8-12-17-3/h14H,4-12H2,1-3H3. The van der Waals surface area contributed by atoms with Crippen molar-refractivity contribution in [1.82, 2.24) is 0 Å². The summed E-state index contributed by atoms with van der Waals surface area (Å²) in [6, 6.07) is 0. The zero-order valence-corrected chi connectivity index (χ0v) is 11.5. The third-order valence-corrected chi connectivity index (χ3v) is 3.37. The average Bonchev–Trinajstić information content (AvgIpc) is 2.37. The van der Waals surface area contributed by atoms with Gasteiger partial charge in [0.15, 0.2) is 0 Å². The van der Waals surface area contributed by atoms with Crippen molar-refractivity contribution in [2.75, 3.05) is 47.8 Å². The number of ether oxygens (including phenoxy) is 3. The Balaban J connectivity index is 4.39. The van der Waals surface area contributed by atoms with Crippen LogP contribution in [0.2, 0.25) is 0 Å². The summed E-state index contributed by atoms with van der Waals surface area (Å²) in [4.78, 5) is 0. The van der Waals surface area contributed by atoms with E-state index in [-0.39, 0.29) is 12.0 Å². The molecule has 0 aliphatic carbocycles. The molecule has 0 aliphatic rings. The van der Waals surface area contributed by atoms with Gasteiger partial charge < -0.3 is 19.3 Å². The molecule has 4 heteroatoms. The van der Waals surface area contributed by atoms with E-state index in [2.05, 4.69) is 0 Å². The molecule has 17 heavy (non-hydrogen) atoms. The van der Waals surface area contributed by atoms with Gasteiger partial charge in [-0.25, -0.2) is 0 Å². The van der Waals surface area contributed by atoms with Crippen molar-refractivity contribution >= 4 is 0 Å². The van der Waals surface area contributed by atoms with Gasteiger partial charge in [0.2, 0.25) is 0 Å². The zero-order chi connectivity index (χ0) is 13.0. The first kappa shape index (κ1) is 16.8. The van der Waals surface area contributed by atoms with Crippen molar-refractivity contribution in [1.29, 1.82) is 0 Å². The van der Waals surface area contributed by atoms with Gasteiger partial charge in [-0.15, -0.1) is 0 Å². The van der Waals surface area contributed by atoms with Gasteiger partial charge in [-0.1, -0.05) is 0 Å². The lowest BCUT2D eigenvalue weighted by Crippen LogP contribution is -2.27. The molecule has 0 amide bonds. The minimum absolute atomic E-state index is 0.171. The van der Waals surface area contributed by atoms with E-state index in [0.717, 1.165) is 51.9 Å². The molecule has 0 aromatic rings. The van der Waals surface area contributed by atoms with Crippen molar-refractivity contribution in [3.8, 4) is 0 Å². The molecular weight excluding hydrogens is 220 g/mol. The molecule has 0 radical (unpaired) electrons. The van der Waals surface area contributed by atoms with Crippen LogP contribution >= 0.6 is 0 Å². The predicted molar refractivity (Wildman–Crippen MR) is 68.2 cm³/mol. The van der Waals surface area contributed by atoms with E-state index in [1.54, 1.807) is 21.3 Å². The predicted octanol–water partition coefficient (Wildman–Crippen LogP) is 1.85. The highest BCUT2D eigenvalue weighted by Crippen LogP contribution is 2.36. The van der Waals surface area contributed by atoms with Crippen LogP contribution < -0.4 is 0 Å². The fraction of sp³-hybridized carbons (Fsp3) is 1.00. The molecular formula is C13H28O4. The number of hydrogen-bond acceptors (Lipinski definition) is 4. The largest absolute Gasteiger partial charge is 0.396 e. The quantitative estimate of drug-likeness (QED) is 0.572. The molecule has 0 saturated heterocycles. The molecule has 0 aromatic heterocycles. The SMILES string of the molecule is COCCC(CCCO)(CCOC)CCOC. The first-order valence-electron chi connectivity index (χ1n) is 6.32. The maximum absolute atomic E-state index is 9.01. The highest BCUT2D eigenvalue weighted by atomic mass is 16.5. The second-order valence-corrected chi connectivity index (χ2v) is 4.56. The lowest BCUT2D eigenvalue weighted by Gasteiger charge is -2.33. The second-order valence-electron chi connectivity index (χ2n) is 4.56. The van der Waals surface area contributed by atoms with E-state index in [1.165, 1.54) is 0 Å². The summed E-state index contributed by atoms with van der Waals surface area (Å²) >= 11 is 0. The van der Waals surface area contributed by atoms with Gasteiger partial charge in [0.05, 0.1) is 0 Å². The van der Waals surface area contributed by atoms with Gasteiger partial charge in [0, 0.05) is 47.8 Å². The number of methoxy groups -OCH3 is 3. The summed E-state index contributed by atoms with van der Waals surface area (Å²) in [6.45, 7) is 2.49. The molecule has 0 bridgehead atoms. The summed E-state index contributed by atoms with van der Waals surface area (Å²) < 4.78 is 15.6. The Kier molecular flexibility index (Phi) is 10.9. The van der Waals surface area contributed by atoms with Crippen LogP contribution in [0.15, 0.2) is 0 Å². The van der Waals surface area contributed by atoms with Crippen LogP contribution in [0.4, 0.5) is 0 Å². The van der Waals surface area contributed by atoms with Crippen molar-refractivity contribution < 1.29 is 19.3 Å². The molecule has 0 aliphatic heterocycles. The summed E-state index contributed by atoms with van der Waals surface area (Å²) in [6.07, 6.45) is 4.82. The lowest BCUT2D eigenvalue weighted by atomic mass is 9.75. The molecule has 0 aromatic carbocycles. The Bertz CT molecular complexity index is 124. The third kappa shape index (κ3) is 7.71. The number of aliphatic hydroxyl groups excluding tert-OH is 1. The molecule has 0 heterocycles. The van der Waals surface area contributed by atoms with Gasteiger partial charge in [0.25, 0.3) is 0 Å². The first-order valence-corrected chi connectivity index (χ1v) is 6.32. The Labute approximate surface area is 105 Å². The van der Waals surface area contributed by atoms with Crippen LogP contribution in [0.1, 0.15) is 32.1 Å². The molecule has 0 saturated carbocycles. The van der Waals surface area contributed by atoms with Crippen molar-refractivity contribution in [2.45, 2.75) is 32.1 Å². The molecule has 0 atom stereocenters. The van der Waals surface area contributed by atoms with Crippen LogP contribution in [-0.2, 0) is 14.2 Å². The Hall–Kier alpha value is -0.160. The van der Waals surface area contributed by atoms with E-state index in [1.807, 2.05) is 0 Å². The molecule has 0 rings (SSSR count). The van der Waals surface area contributed by atoms with E-state index in [4.69, 9.17) is 19.3 Å². The topological polar surface area (TPSA) is 47.9 Å². The van der Waals surface area contributed by atoms with Gasteiger partial charge in [-0.3, -0.25) is 0 Å². The highest BCUT2D eigenvalue weighted by Gasteiger charge is 2.28. The van der Waals surface area contributed by atoms with Crippen LogP contribution in [0.3, 0.4) is 0 Å². The molecule has 0 fully saturated rings. The summed E-state index contributed by atoms with van der Waals surface area (Å²) in [5.74, 6) is 0. The third-order valence-electron chi connectivity index (χ3n) is 3.37. The fourth-order valence-corrected chi connectivity index (χ4v) is 2.16. The Morgan fingerprint density at radius 3 is 1.47 bits per heavy atom. The first-order chi connectivity index (χ1) is 8.24. The lowest BCUT2D eigenvalue weighted by molar-refractivity contribution is 0.0508. The van der Waals surface area contributed by atoms with Gasteiger partial charge in [-0.05, 0) is 37.5 Å². The summed E-state index contributed by atoms with van der Waals surface area (Å²) in [7, 11) is 5.18. The zero-order valence-electron chi connectivity index (χ0n) is 11.5. The molecule has 4 nitrogen and oxygen atoms in total. The van der Waals surface area contributed by atoms with Crippen LogP contribution in [-0.4, -0.2) is 52.9 Å². The van der Waals surface area contributed by atoms with E-state index >= 15 is 0 Å².